The van der Waals surface area contributed by atoms with Crippen molar-refractivity contribution in [1.82, 2.24) is 5.32 Å². The summed E-state index contributed by atoms with van der Waals surface area (Å²) in [6.45, 7) is 5.38. The molecular formula is C27H30N2O5S. The van der Waals surface area contributed by atoms with E-state index in [2.05, 4.69) is 5.32 Å². The number of fused-ring (bicyclic) bond motifs is 1. The monoisotopic (exact) mass is 494 g/mol. The molecule has 0 saturated carbocycles. The molecule has 0 aliphatic carbocycles. The van der Waals surface area contributed by atoms with Gasteiger partial charge in [0.1, 0.15) is 23.6 Å². The van der Waals surface area contributed by atoms with Crippen molar-refractivity contribution in [1.29, 1.82) is 0 Å². The molecule has 0 fully saturated rings. The van der Waals surface area contributed by atoms with Gasteiger partial charge >= 0.3 is 0 Å². The number of methoxy groups -OCH3 is 1. The summed E-state index contributed by atoms with van der Waals surface area (Å²) in [5.41, 5.74) is 1.53. The van der Waals surface area contributed by atoms with Crippen LogP contribution in [0.1, 0.15) is 37.4 Å². The standard InChI is InChI=1S/C27H30N2O5S/c1-19-14-15-25(33-4)23(16-19)29(35(31,32)20-10-6-5-7-11-20)18-26(30)28-22-17-27(2,3)34-24-13-9-8-12-21(22)24/h5-16,22H,17-18H2,1-4H3,(H,28,30). The van der Waals surface area contributed by atoms with E-state index in [0.29, 0.717) is 23.6 Å². The first-order valence-corrected chi connectivity index (χ1v) is 12.8. The van der Waals surface area contributed by atoms with Gasteiger partial charge in [0.15, 0.2) is 0 Å². The first kappa shape index (κ1) is 24.6. The third-order valence-electron chi connectivity index (χ3n) is 5.93. The Hall–Kier alpha value is -3.52. The van der Waals surface area contributed by atoms with Gasteiger partial charge in [-0.25, -0.2) is 8.42 Å². The average molecular weight is 495 g/mol. The smallest absolute Gasteiger partial charge is 0.264 e. The van der Waals surface area contributed by atoms with Gasteiger partial charge in [-0.2, -0.15) is 0 Å². The van der Waals surface area contributed by atoms with Crippen molar-refractivity contribution < 1.29 is 22.7 Å². The number of hydrogen-bond donors (Lipinski definition) is 1. The predicted octanol–water partition coefficient (Wildman–Crippen LogP) is 4.62. The molecule has 0 saturated heterocycles. The topological polar surface area (TPSA) is 84.9 Å². The molecule has 8 heteroatoms. The number of rotatable bonds is 7. The molecule has 1 heterocycles. The maximum atomic E-state index is 13.7. The van der Waals surface area contributed by atoms with Crippen LogP contribution in [0.15, 0.2) is 77.7 Å². The van der Waals surface area contributed by atoms with Gasteiger partial charge in [0.05, 0.1) is 23.7 Å². The fourth-order valence-corrected chi connectivity index (χ4v) is 5.76. The molecule has 0 aromatic heterocycles. The lowest BCUT2D eigenvalue weighted by atomic mass is 9.89. The van der Waals surface area contributed by atoms with Gasteiger partial charge < -0.3 is 14.8 Å². The number of para-hydroxylation sites is 1. The minimum Gasteiger partial charge on any atom is -0.495 e. The minimum atomic E-state index is -4.05. The lowest BCUT2D eigenvalue weighted by Crippen LogP contribution is -2.45. The number of aryl methyl sites for hydroxylation is 1. The SMILES string of the molecule is COc1ccc(C)cc1N(CC(=O)NC1CC(C)(C)Oc2ccccc21)S(=O)(=O)c1ccccc1. The van der Waals surface area contributed by atoms with E-state index < -0.39 is 28.1 Å². The number of carbonyl (C=O) groups is 1. The molecule has 35 heavy (non-hydrogen) atoms. The van der Waals surface area contributed by atoms with Crippen LogP contribution in [0.25, 0.3) is 0 Å². The van der Waals surface area contributed by atoms with Gasteiger partial charge in [-0.3, -0.25) is 9.10 Å². The Labute approximate surface area is 206 Å². The van der Waals surface area contributed by atoms with E-state index in [9.17, 15) is 13.2 Å². The average Bonchev–Trinajstić information content (AvgIpc) is 2.82. The summed E-state index contributed by atoms with van der Waals surface area (Å²) < 4.78 is 40.1. The molecule has 3 aromatic rings. The molecular weight excluding hydrogens is 464 g/mol. The normalized spacial score (nSPS) is 16.5. The number of ether oxygens (including phenoxy) is 2. The second-order valence-corrected chi connectivity index (χ2v) is 11.1. The Morgan fingerprint density at radius 1 is 1.09 bits per heavy atom. The van der Waals surface area contributed by atoms with Crippen molar-refractivity contribution in [2.45, 2.75) is 43.7 Å². The summed E-state index contributed by atoms with van der Waals surface area (Å²) in [5, 5.41) is 3.04. The summed E-state index contributed by atoms with van der Waals surface area (Å²) in [6, 6.07) is 20.6. The van der Waals surface area contributed by atoms with E-state index in [0.717, 1.165) is 15.4 Å². The van der Waals surface area contributed by atoms with Crippen molar-refractivity contribution in [3.8, 4) is 11.5 Å². The van der Waals surface area contributed by atoms with Crippen LogP contribution in [0.2, 0.25) is 0 Å². The van der Waals surface area contributed by atoms with Crippen LogP contribution in [0.5, 0.6) is 11.5 Å². The Kier molecular flexibility index (Phi) is 6.76. The number of benzene rings is 3. The van der Waals surface area contributed by atoms with Crippen molar-refractivity contribution in [3.05, 3.63) is 83.9 Å². The summed E-state index contributed by atoms with van der Waals surface area (Å²) >= 11 is 0. The van der Waals surface area contributed by atoms with Crippen LogP contribution in [-0.4, -0.2) is 33.6 Å². The molecule has 1 N–H and O–H groups in total. The van der Waals surface area contributed by atoms with Crippen LogP contribution >= 0.6 is 0 Å². The van der Waals surface area contributed by atoms with Gasteiger partial charge in [0.25, 0.3) is 10.0 Å². The van der Waals surface area contributed by atoms with Crippen LogP contribution in [-0.2, 0) is 14.8 Å². The quantitative estimate of drug-likeness (QED) is 0.518. The Balaban J connectivity index is 1.70. The molecule has 7 nitrogen and oxygen atoms in total. The highest BCUT2D eigenvalue weighted by Gasteiger charge is 2.36. The van der Waals surface area contributed by atoms with Crippen LogP contribution in [0.3, 0.4) is 0 Å². The minimum absolute atomic E-state index is 0.0916. The molecule has 0 bridgehead atoms. The number of anilines is 1. The third kappa shape index (κ3) is 5.27. The van der Waals surface area contributed by atoms with E-state index >= 15 is 0 Å². The van der Waals surface area contributed by atoms with Gasteiger partial charge in [0.2, 0.25) is 5.91 Å². The van der Waals surface area contributed by atoms with Crippen molar-refractivity contribution in [2.24, 2.45) is 0 Å². The molecule has 3 aromatic carbocycles. The molecule has 1 atom stereocenters. The van der Waals surface area contributed by atoms with Crippen LogP contribution in [0, 0.1) is 6.92 Å². The van der Waals surface area contributed by atoms with E-state index in [4.69, 9.17) is 9.47 Å². The summed E-state index contributed by atoms with van der Waals surface area (Å²) in [6.07, 6.45) is 0.551. The number of nitrogens with one attached hydrogen (secondary N) is 1. The second-order valence-electron chi connectivity index (χ2n) is 9.22. The van der Waals surface area contributed by atoms with Gasteiger partial charge in [0, 0.05) is 12.0 Å². The maximum absolute atomic E-state index is 13.7. The number of amides is 1. The summed E-state index contributed by atoms with van der Waals surface area (Å²) in [7, 11) is -2.58. The van der Waals surface area contributed by atoms with Gasteiger partial charge in [-0.15, -0.1) is 0 Å². The Morgan fingerprint density at radius 2 is 1.77 bits per heavy atom. The van der Waals surface area contributed by atoms with Crippen molar-refractivity contribution >= 4 is 21.6 Å². The number of hydrogen-bond acceptors (Lipinski definition) is 5. The highest BCUT2D eigenvalue weighted by molar-refractivity contribution is 7.92. The number of nitrogens with zero attached hydrogens (tertiary/aromatic N) is 1. The lowest BCUT2D eigenvalue weighted by Gasteiger charge is -2.38. The highest BCUT2D eigenvalue weighted by Crippen LogP contribution is 2.39. The van der Waals surface area contributed by atoms with Gasteiger partial charge in [-0.1, -0.05) is 42.5 Å². The molecule has 1 aliphatic heterocycles. The summed E-state index contributed by atoms with van der Waals surface area (Å²) in [5.74, 6) is 0.647. The Morgan fingerprint density at radius 3 is 2.49 bits per heavy atom. The van der Waals surface area contributed by atoms with Gasteiger partial charge in [-0.05, 0) is 56.7 Å². The summed E-state index contributed by atoms with van der Waals surface area (Å²) in [4.78, 5) is 13.5. The zero-order valence-electron chi connectivity index (χ0n) is 20.3. The zero-order chi connectivity index (χ0) is 25.2. The van der Waals surface area contributed by atoms with E-state index in [-0.39, 0.29) is 10.9 Å². The fraction of sp³-hybridized carbons (Fsp3) is 0.296. The van der Waals surface area contributed by atoms with E-state index in [1.807, 2.05) is 51.1 Å². The van der Waals surface area contributed by atoms with E-state index in [1.54, 1.807) is 30.3 Å². The molecule has 4 rings (SSSR count). The van der Waals surface area contributed by atoms with Crippen LogP contribution in [0.4, 0.5) is 5.69 Å². The maximum Gasteiger partial charge on any atom is 0.264 e. The number of carbonyl (C=O) groups excluding carboxylic acids is 1. The Bertz CT molecular complexity index is 1320. The molecule has 1 amide bonds. The molecule has 0 spiro atoms. The largest absolute Gasteiger partial charge is 0.495 e. The third-order valence-corrected chi connectivity index (χ3v) is 7.71. The van der Waals surface area contributed by atoms with Crippen molar-refractivity contribution in [2.75, 3.05) is 18.0 Å². The molecule has 0 radical (unpaired) electrons. The molecule has 1 unspecified atom stereocenters. The molecule has 184 valence electrons. The number of sulfonamides is 1. The van der Waals surface area contributed by atoms with Crippen molar-refractivity contribution in [3.63, 3.8) is 0 Å². The first-order chi connectivity index (χ1) is 16.6. The highest BCUT2D eigenvalue weighted by atomic mass is 32.2. The first-order valence-electron chi connectivity index (χ1n) is 11.4. The zero-order valence-corrected chi connectivity index (χ0v) is 21.1. The fourth-order valence-electron chi connectivity index (χ4n) is 4.32. The van der Waals surface area contributed by atoms with E-state index in [1.165, 1.54) is 19.2 Å². The van der Waals surface area contributed by atoms with Crippen LogP contribution < -0.4 is 19.1 Å². The second kappa shape index (κ2) is 9.62. The molecule has 1 aliphatic rings. The predicted molar refractivity (Wildman–Crippen MR) is 135 cm³/mol. The lowest BCUT2D eigenvalue weighted by molar-refractivity contribution is -0.120.